The molecule has 0 radical (unpaired) electrons. The van der Waals surface area contributed by atoms with Crippen LogP contribution in [0, 0.1) is 46.3 Å². The summed E-state index contributed by atoms with van der Waals surface area (Å²) in [5.74, 6) is -0.169. The second-order valence-corrected chi connectivity index (χ2v) is 12.8. The zero-order valence-corrected chi connectivity index (χ0v) is 21.1. The van der Waals surface area contributed by atoms with Crippen molar-refractivity contribution in [2.45, 2.75) is 111 Å². The Labute approximate surface area is 198 Å². The van der Waals surface area contributed by atoms with Crippen molar-refractivity contribution in [1.29, 1.82) is 0 Å². The highest BCUT2D eigenvalue weighted by Gasteiger charge is 2.60. The van der Waals surface area contributed by atoms with Gasteiger partial charge in [0, 0.05) is 18.0 Å². The Balaban J connectivity index is 1.52. The number of nitrogens with one attached hydrogen (secondary N) is 2. The second kappa shape index (κ2) is 9.11. The zero-order valence-electron chi connectivity index (χ0n) is 21.1. The van der Waals surface area contributed by atoms with Crippen molar-refractivity contribution in [3.63, 3.8) is 0 Å². The highest BCUT2D eigenvalue weighted by Crippen LogP contribution is 2.64. The van der Waals surface area contributed by atoms with Gasteiger partial charge in [-0.2, -0.15) is 0 Å². The lowest BCUT2D eigenvalue weighted by Crippen LogP contribution is -2.64. The first-order valence-corrected chi connectivity index (χ1v) is 13.3. The van der Waals surface area contributed by atoms with Gasteiger partial charge in [0.05, 0.1) is 0 Å². The van der Waals surface area contributed by atoms with E-state index in [1.165, 1.54) is 45.4 Å². The number of halogens is 2. The first-order chi connectivity index (χ1) is 15.5. The molecule has 9 atom stereocenters. The number of hydrogen-bond donors (Lipinski definition) is 2. The van der Waals surface area contributed by atoms with E-state index in [1.807, 2.05) is 13.8 Å². The van der Waals surface area contributed by atoms with Gasteiger partial charge in [-0.05, 0) is 85.9 Å². The number of carbonyl (C=O) groups is 2. The highest BCUT2D eigenvalue weighted by atomic mass is 19.3. The molecule has 0 bridgehead atoms. The lowest BCUT2D eigenvalue weighted by Gasteiger charge is -2.60. The number of carbonyl (C=O) groups excluding carboxylic acids is 2. The van der Waals surface area contributed by atoms with Gasteiger partial charge in [0.25, 0.3) is 0 Å². The molecule has 3 aliphatic carbocycles. The molecule has 0 spiro atoms. The van der Waals surface area contributed by atoms with Crippen LogP contribution in [-0.4, -0.2) is 30.3 Å². The molecule has 1 heterocycles. The molecule has 0 aromatic heterocycles. The van der Waals surface area contributed by atoms with Crippen molar-refractivity contribution >= 4 is 11.8 Å². The summed E-state index contributed by atoms with van der Waals surface area (Å²) in [6.45, 7) is 10.2. The SMILES string of the molecule is CC(C)CC(NC(=O)C1C[C@@]2(C)C(CC[C@@H]3[C@H]2CC[C@]2(C)CCC[C@@H]32)NC1=O)C(C)C(F)F. The lowest BCUT2D eigenvalue weighted by molar-refractivity contribution is -0.151. The van der Waals surface area contributed by atoms with Crippen LogP contribution in [0.5, 0.6) is 0 Å². The molecule has 4 fully saturated rings. The number of rotatable bonds is 6. The molecule has 33 heavy (non-hydrogen) atoms. The van der Waals surface area contributed by atoms with Crippen LogP contribution in [0.2, 0.25) is 0 Å². The van der Waals surface area contributed by atoms with E-state index in [4.69, 9.17) is 0 Å². The fourth-order valence-corrected chi connectivity index (χ4v) is 8.37. The standard InChI is InChI=1S/C27H44F2N2O2/c1-15(2)13-21(16(3)23(28)29)30-24(32)18-14-27(5)20-10-12-26(4)11-6-7-19(26)17(20)8-9-22(27)31-25(18)33/h15-23H,6-14H2,1-5H3,(H,30,32)(H,31,33)/t16?,17-,18?,19-,20+,21?,22?,26-,27+/m0/s1. The van der Waals surface area contributed by atoms with Gasteiger partial charge in [-0.3, -0.25) is 9.59 Å². The average Bonchev–Trinajstić information content (AvgIpc) is 3.14. The van der Waals surface area contributed by atoms with E-state index in [0.29, 0.717) is 30.1 Å². The maximum Gasteiger partial charge on any atom is 0.243 e. The summed E-state index contributed by atoms with van der Waals surface area (Å²) in [6, 6.07) is -0.503. The summed E-state index contributed by atoms with van der Waals surface area (Å²) in [5, 5.41) is 6.09. The molecule has 2 N–H and O–H groups in total. The number of fused-ring (bicyclic) bond motifs is 5. The first kappa shape index (κ1) is 24.9. The predicted octanol–water partition coefficient (Wildman–Crippen LogP) is 5.56. The molecule has 4 aliphatic rings. The van der Waals surface area contributed by atoms with Gasteiger partial charge >= 0.3 is 0 Å². The molecule has 1 saturated heterocycles. The summed E-state index contributed by atoms with van der Waals surface area (Å²) < 4.78 is 26.9. The fourth-order valence-electron chi connectivity index (χ4n) is 8.37. The van der Waals surface area contributed by atoms with Gasteiger partial charge in [0.15, 0.2) is 0 Å². The maximum atomic E-state index is 13.5. The minimum atomic E-state index is -2.50. The summed E-state index contributed by atoms with van der Waals surface area (Å²) in [5.41, 5.74) is 0.360. The Morgan fingerprint density at radius 3 is 2.48 bits per heavy atom. The van der Waals surface area contributed by atoms with E-state index in [9.17, 15) is 18.4 Å². The largest absolute Gasteiger partial charge is 0.352 e. The molecule has 0 aromatic rings. The number of hydrogen-bond acceptors (Lipinski definition) is 2. The minimum Gasteiger partial charge on any atom is -0.352 e. The number of alkyl halides is 2. The Kier molecular flexibility index (Phi) is 6.88. The number of piperidine rings is 1. The van der Waals surface area contributed by atoms with Crippen LogP contribution >= 0.6 is 0 Å². The monoisotopic (exact) mass is 466 g/mol. The van der Waals surface area contributed by atoms with Gasteiger partial charge < -0.3 is 10.6 Å². The molecule has 0 aromatic carbocycles. The zero-order chi connectivity index (χ0) is 24.1. The van der Waals surface area contributed by atoms with E-state index in [1.54, 1.807) is 0 Å². The smallest absolute Gasteiger partial charge is 0.243 e. The topological polar surface area (TPSA) is 58.2 Å². The van der Waals surface area contributed by atoms with Crippen LogP contribution in [0.15, 0.2) is 0 Å². The first-order valence-electron chi connectivity index (χ1n) is 13.3. The summed E-state index contributed by atoms with van der Waals surface area (Å²) in [7, 11) is 0. The molecule has 3 saturated carbocycles. The van der Waals surface area contributed by atoms with Crippen molar-refractivity contribution in [3.05, 3.63) is 0 Å². The van der Waals surface area contributed by atoms with E-state index in [2.05, 4.69) is 24.5 Å². The van der Waals surface area contributed by atoms with Gasteiger partial charge in [-0.25, -0.2) is 8.78 Å². The summed E-state index contributed by atoms with van der Waals surface area (Å²) >= 11 is 0. The van der Waals surface area contributed by atoms with Crippen LogP contribution in [-0.2, 0) is 9.59 Å². The van der Waals surface area contributed by atoms with Crippen LogP contribution in [0.25, 0.3) is 0 Å². The summed E-state index contributed by atoms with van der Waals surface area (Å²) in [6.07, 6.45) is 7.08. The Morgan fingerprint density at radius 2 is 1.82 bits per heavy atom. The summed E-state index contributed by atoms with van der Waals surface area (Å²) in [4.78, 5) is 26.3. The third-order valence-corrected chi connectivity index (χ3v) is 10.3. The molecule has 4 unspecified atom stereocenters. The molecule has 4 nitrogen and oxygen atoms in total. The van der Waals surface area contributed by atoms with Gasteiger partial charge in [-0.1, -0.05) is 41.0 Å². The van der Waals surface area contributed by atoms with Crippen molar-refractivity contribution < 1.29 is 18.4 Å². The predicted molar refractivity (Wildman–Crippen MR) is 126 cm³/mol. The Morgan fingerprint density at radius 1 is 1.09 bits per heavy atom. The van der Waals surface area contributed by atoms with Gasteiger partial charge in [0.1, 0.15) is 5.92 Å². The minimum absolute atomic E-state index is 0.107. The third kappa shape index (κ3) is 4.45. The van der Waals surface area contributed by atoms with Gasteiger partial charge in [-0.15, -0.1) is 0 Å². The van der Waals surface area contributed by atoms with Crippen LogP contribution < -0.4 is 10.6 Å². The van der Waals surface area contributed by atoms with Crippen molar-refractivity contribution in [3.8, 4) is 0 Å². The van der Waals surface area contributed by atoms with Crippen molar-refractivity contribution in [1.82, 2.24) is 10.6 Å². The van der Waals surface area contributed by atoms with Crippen molar-refractivity contribution in [2.24, 2.45) is 46.3 Å². The lowest BCUT2D eigenvalue weighted by atomic mass is 9.47. The van der Waals surface area contributed by atoms with E-state index in [0.717, 1.165) is 12.3 Å². The molecule has 6 heteroatoms. The second-order valence-electron chi connectivity index (χ2n) is 12.8. The van der Waals surface area contributed by atoms with Crippen molar-refractivity contribution in [2.75, 3.05) is 0 Å². The molecule has 4 rings (SSSR count). The van der Waals surface area contributed by atoms with Crippen LogP contribution in [0.3, 0.4) is 0 Å². The molecule has 188 valence electrons. The fraction of sp³-hybridized carbons (Fsp3) is 0.926. The van der Waals surface area contributed by atoms with Crippen LogP contribution in [0.4, 0.5) is 8.78 Å². The Bertz CT molecular complexity index is 758. The number of amides is 2. The van der Waals surface area contributed by atoms with E-state index in [-0.39, 0.29) is 29.2 Å². The Hall–Kier alpha value is -1.20. The third-order valence-electron chi connectivity index (χ3n) is 10.3. The molecular weight excluding hydrogens is 422 g/mol. The van der Waals surface area contributed by atoms with E-state index < -0.39 is 24.3 Å². The van der Waals surface area contributed by atoms with E-state index >= 15 is 0 Å². The average molecular weight is 467 g/mol. The molecule has 1 aliphatic heterocycles. The van der Waals surface area contributed by atoms with Crippen LogP contribution in [0.1, 0.15) is 92.4 Å². The normalized spacial score (nSPS) is 42.2. The molecule has 2 amide bonds. The molecular formula is C27H44F2N2O2. The maximum absolute atomic E-state index is 13.5. The van der Waals surface area contributed by atoms with Gasteiger partial charge in [0.2, 0.25) is 18.2 Å². The quantitative estimate of drug-likeness (QED) is 0.504. The highest BCUT2D eigenvalue weighted by molar-refractivity contribution is 6.01.